The number of hydrogen-bond acceptors (Lipinski definition) is 4. The van der Waals surface area contributed by atoms with Crippen LogP contribution in [0.1, 0.15) is 12.0 Å². The molecule has 1 saturated heterocycles. The predicted molar refractivity (Wildman–Crippen MR) is 85.5 cm³/mol. The summed E-state index contributed by atoms with van der Waals surface area (Å²) >= 11 is 0. The third-order valence-corrected chi connectivity index (χ3v) is 5.56. The van der Waals surface area contributed by atoms with Crippen molar-refractivity contribution in [1.29, 1.82) is 0 Å². The minimum atomic E-state index is -0.887. The number of methoxy groups -OCH3 is 1. The van der Waals surface area contributed by atoms with Crippen molar-refractivity contribution in [2.75, 3.05) is 7.11 Å². The van der Waals surface area contributed by atoms with E-state index in [0.29, 0.717) is 0 Å². The van der Waals surface area contributed by atoms with E-state index in [0.717, 1.165) is 12.0 Å². The number of amides is 2. The van der Waals surface area contributed by atoms with Gasteiger partial charge in [0.15, 0.2) is 0 Å². The van der Waals surface area contributed by atoms with Crippen molar-refractivity contribution in [1.82, 2.24) is 4.90 Å². The maximum Gasteiger partial charge on any atom is 0.329 e. The number of carbonyl (C=O) groups is 3. The van der Waals surface area contributed by atoms with E-state index in [4.69, 9.17) is 4.74 Å². The van der Waals surface area contributed by atoms with Crippen molar-refractivity contribution < 1.29 is 19.1 Å². The summed E-state index contributed by atoms with van der Waals surface area (Å²) < 4.78 is 4.88. The van der Waals surface area contributed by atoms with E-state index in [1.54, 1.807) is 0 Å². The van der Waals surface area contributed by atoms with Crippen molar-refractivity contribution in [3.8, 4) is 0 Å². The van der Waals surface area contributed by atoms with Crippen molar-refractivity contribution in [2.45, 2.75) is 18.9 Å². The first-order chi connectivity index (χ1) is 11.6. The minimum absolute atomic E-state index is 0.136. The SMILES string of the molecule is COC(=O)[C@H](Cc1ccccc1)N1C(=O)[C@@H]2[C@H](C1=O)[C@H]1C=C[C@@H]2C1. The summed E-state index contributed by atoms with van der Waals surface area (Å²) in [6.45, 7) is 0. The lowest BCUT2D eigenvalue weighted by Gasteiger charge is -2.25. The van der Waals surface area contributed by atoms with Crippen LogP contribution in [-0.4, -0.2) is 35.8 Å². The van der Waals surface area contributed by atoms with Gasteiger partial charge in [-0.2, -0.15) is 0 Å². The molecule has 1 aromatic carbocycles. The van der Waals surface area contributed by atoms with Crippen LogP contribution in [-0.2, 0) is 25.5 Å². The van der Waals surface area contributed by atoms with Crippen LogP contribution >= 0.6 is 0 Å². The second-order valence-electron chi connectivity index (χ2n) is 6.78. The molecule has 124 valence electrons. The number of ether oxygens (including phenoxy) is 1. The molecule has 0 aromatic heterocycles. The molecule has 2 amide bonds. The monoisotopic (exact) mass is 325 g/mol. The molecule has 24 heavy (non-hydrogen) atoms. The van der Waals surface area contributed by atoms with Crippen molar-refractivity contribution in [2.24, 2.45) is 23.7 Å². The number of esters is 1. The first-order valence-corrected chi connectivity index (χ1v) is 8.29. The van der Waals surface area contributed by atoms with Gasteiger partial charge in [-0.25, -0.2) is 4.79 Å². The Balaban J connectivity index is 1.65. The molecule has 1 aromatic rings. The summed E-state index contributed by atoms with van der Waals surface area (Å²) in [5.74, 6) is -1.29. The molecule has 2 fully saturated rings. The van der Waals surface area contributed by atoms with E-state index in [1.807, 2.05) is 42.5 Å². The lowest BCUT2D eigenvalue weighted by Crippen LogP contribution is -2.48. The number of nitrogens with zero attached hydrogens (tertiary/aromatic N) is 1. The van der Waals surface area contributed by atoms with Crippen LogP contribution in [0.5, 0.6) is 0 Å². The number of fused-ring (bicyclic) bond motifs is 5. The molecule has 5 heteroatoms. The number of likely N-dealkylation sites (tertiary alicyclic amines) is 1. The van der Waals surface area contributed by atoms with Gasteiger partial charge in [0.2, 0.25) is 11.8 Å². The zero-order valence-electron chi connectivity index (χ0n) is 13.4. The van der Waals surface area contributed by atoms with Crippen LogP contribution in [0.3, 0.4) is 0 Å². The number of carbonyl (C=O) groups excluding carboxylic acids is 3. The summed E-state index contributed by atoms with van der Waals surface area (Å²) in [7, 11) is 1.29. The number of allylic oxidation sites excluding steroid dienone is 2. The van der Waals surface area contributed by atoms with Gasteiger partial charge in [0, 0.05) is 6.42 Å². The molecule has 5 nitrogen and oxygen atoms in total. The molecule has 0 N–H and O–H groups in total. The first kappa shape index (κ1) is 15.1. The third kappa shape index (κ3) is 2.11. The standard InChI is InChI=1S/C19H19NO4/c1-24-19(23)14(9-11-5-3-2-4-6-11)20-17(21)15-12-7-8-13(10-12)16(15)18(20)22/h2-8,12-16H,9-10H2,1H3/t12-,13+,14-,15+,16-/m0/s1. The molecule has 4 rings (SSSR count). The van der Waals surface area contributed by atoms with Crippen molar-refractivity contribution in [3.05, 3.63) is 48.0 Å². The molecule has 3 aliphatic rings. The van der Waals surface area contributed by atoms with E-state index >= 15 is 0 Å². The fourth-order valence-corrected chi connectivity index (χ4v) is 4.49. The predicted octanol–water partition coefficient (Wildman–Crippen LogP) is 1.58. The zero-order chi connectivity index (χ0) is 16.8. The van der Waals surface area contributed by atoms with Crippen LogP contribution in [0.25, 0.3) is 0 Å². The van der Waals surface area contributed by atoms with Crippen LogP contribution in [0.2, 0.25) is 0 Å². The number of imide groups is 1. The van der Waals surface area contributed by atoms with E-state index in [9.17, 15) is 14.4 Å². The Bertz CT molecular complexity index is 696. The lowest BCUT2D eigenvalue weighted by molar-refractivity contribution is -0.157. The second kappa shape index (κ2) is 5.58. The summed E-state index contributed by atoms with van der Waals surface area (Å²) in [4.78, 5) is 39.3. The van der Waals surface area contributed by atoms with Crippen molar-refractivity contribution >= 4 is 17.8 Å². The fourth-order valence-electron chi connectivity index (χ4n) is 4.49. The van der Waals surface area contributed by atoms with Crippen LogP contribution in [0, 0.1) is 23.7 Å². The van der Waals surface area contributed by atoms with Crippen LogP contribution in [0.15, 0.2) is 42.5 Å². The smallest absolute Gasteiger partial charge is 0.329 e. The molecule has 2 aliphatic carbocycles. The van der Waals surface area contributed by atoms with Crippen LogP contribution < -0.4 is 0 Å². The molecule has 0 spiro atoms. The third-order valence-electron chi connectivity index (χ3n) is 5.56. The molecular weight excluding hydrogens is 306 g/mol. The number of rotatable bonds is 4. The largest absolute Gasteiger partial charge is 0.467 e. The van der Waals surface area contributed by atoms with Gasteiger partial charge in [0.25, 0.3) is 0 Å². The Morgan fingerprint density at radius 1 is 1.12 bits per heavy atom. The van der Waals surface area contributed by atoms with E-state index in [2.05, 4.69) is 0 Å². The minimum Gasteiger partial charge on any atom is -0.467 e. The normalized spacial score (nSPS) is 31.5. The molecule has 1 aliphatic heterocycles. The average Bonchev–Trinajstić information content (AvgIpc) is 3.28. The fraction of sp³-hybridized carbons (Fsp3) is 0.421. The van der Waals surface area contributed by atoms with Gasteiger partial charge in [-0.05, 0) is 23.8 Å². The van der Waals surface area contributed by atoms with E-state index < -0.39 is 12.0 Å². The Hall–Kier alpha value is -2.43. The van der Waals surface area contributed by atoms with Gasteiger partial charge in [0.1, 0.15) is 6.04 Å². The average molecular weight is 325 g/mol. The van der Waals surface area contributed by atoms with Gasteiger partial charge in [0.05, 0.1) is 18.9 Å². The molecular formula is C19H19NO4. The number of benzene rings is 1. The van der Waals surface area contributed by atoms with Gasteiger partial charge in [-0.3, -0.25) is 14.5 Å². The van der Waals surface area contributed by atoms with Gasteiger partial charge in [-0.1, -0.05) is 42.5 Å². The summed E-state index contributed by atoms with van der Waals surface area (Å²) in [5, 5.41) is 0. The second-order valence-corrected chi connectivity index (χ2v) is 6.78. The quantitative estimate of drug-likeness (QED) is 0.479. The first-order valence-electron chi connectivity index (χ1n) is 8.29. The molecule has 5 atom stereocenters. The van der Waals surface area contributed by atoms with Crippen molar-refractivity contribution in [3.63, 3.8) is 0 Å². The highest BCUT2D eigenvalue weighted by molar-refractivity contribution is 6.09. The summed E-state index contributed by atoms with van der Waals surface area (Å²) in [6.07, 6.45) is 5.26. The van der Waals surface area contributed by atoms with E-state index in [-0.39, 0.29) is 41.9 Å². The zero-order valence-corrected chi connectivity index (χ0v) is 13.4. The molecule has 0 unspecified atom stereocenters. The molecule has 1 heterocycles. The molecule has 1 saturated carbocycles. The molecule has 2 bridgehead atoms. The lowest BCUT2D eigenvalue weighted by atomic mass is 9.85. The van der Waals surface area contributed by atoms with Gasteiger partial charge >= 0.3 is 5.97 Å². The highest BCUT2D eigenvalue weighted by Crippen LogP contribution is 2.53. The van der Waals surface area contributed by atoms with Crippen LogP contribution in [0.4, 0.5) is 0 Å². The summed E-state index contributed by atoms with van der Waals surface area (Å²) in [6, 6.07) is 8.51. The Morgan fingerprint density at radius 2 is 1.71 bits per heavy atom. The highest BCUT2D eigenvalue weighted by atomic mass is 16.5. The Labute approximate surface area is 140 Å². The van der Waals surface area contributed by atoms with Gasteiger partial charge < -0.3 is 4.74 Å². The Morgan fingerprint density at radius 3 is 2.25 bits per heavy atom. The maximum atomic E-state index is 12.9. The topological polar surface area (TPSA) is 63.7 Å². The Kier molecular flexibility index (Phi) is 3.52. The highest BCUT2D eigenvalue weighted by Gasteiger charge is 2.61. The van der Waals surface area contributed by atoms with Gasteiger partial charge in [-0.15, -0.1) is 0 Å². The van der Waals surface area contributed by atoms with E-state index in [1.165, 1.54) is 12.0 Å². The maximum absolute atomic E-state index is 12.9. The summed E-state index contributed by atoms with van der Waals surface area (Å²) in [5.41, 5.74) is 0.895. The number of hydrogen-bond donors (Lipinski definition) is 0. The molecule has 0 radical (unpaired) electrons.